The van der Waals surface area contributed by atoms with Crippen molar-refractivity contribution in [2.75, 3.05) is 18.1 Å². The van der Waals surface area contributed by atoms with Crippen LogP contribution in [0.1, 0.15) is 42.5 Å². The van der Waals surface area contributed by atoms with Gasteiger partial charge in [0.05, 0.1) is 11.5 Å². The quantitative estimate of drug-likeness (QED) is 0.741. The van der Waals surface area contributed by atoms with Gasteiger partial charge in [0.2, 0.25) is 5.91 Å². The van der Waals surface area contributed by atoms with E-state index < -0.39 is 9.84 Å². The minimum absolute atomic E-state index is 0.0126. The Morgan fingerprint density at radius 2 is 1.80 bits per heavy atom. The van der Waals surface area contributed by atoms with E-state index in [-0.39, 0.29) is 35.4 Å². The van der Waals surface area contributed by atoms with Crippen LogP contribution in [-0.4, -0.2) is 55.3 Å². The molecule has 1 aromatic rings. The predicted molar refractivity (Wildman–Crippen MR) is 94.9 cm³/mol. The molecule has 1 atom stereocenters. The number of amides is 2. The second kappa shape index (κ2) is 7.56. The molecule has 7 heteroatoms. The molecule has 1 heterocycles. The summed E-state index contributed by atoms with van der Waals surface area (Å²) in [7, 11) is -3.00. The molecule has 0 bridgehead atoms. The molecule has 6 nitrogen and oxygen atoms in total. The van der Waals surface area contributed by atoms with Crippen LogP contribution in [0.4, 0.5) is 0 Å². The summed E-state index contributed by atoms with van der Waals surface area (Å²) in [6, 6.07) is 9.01. The van der Waals surface area contributed by atoms with Crippen LogP contribution in [0.5, 0.6) is 0 Å². The third-order valence-electron chi connectivity index (χ3n) is 4.72. The lowest BCUT2D eigenvalue weighted by molar-refractivity contribution is -0.133. The maximum atomic E-state index is 12.6. The minimum atomic E-state index is -3.00. The molecule has 1 saturated carbocycles. The smallest absolute Gasteiger partial charge is 0.251 e. The van der Waals surface area contributed by atoms with Gasteiger partial charge in [0.25, 0.3) is 5.91 Å². The first-order chi connectivity index (χ1) is 12.0. The molecule has 2 amide bonds. The van der Waals surface area contributed by atoms with Gasteiger partial charge in [-0.1, -0.05) is 18.2 Å². The molecule has 2 aliphatic rings. The van der Waals surface area contributed by atoms with Gasteiger partial charge < -0.3 is 10.2 Å². The molecule has 1 saturated heterocycles. The normalized spacial score (nSPS) is 21.7. The lowest BCUT2D eigenvalue weighted by atomic mass is 10.1. The molecule has 1 aliphatic heterocycles. The van der Waals surface area contributed by atoms with Crippen molar-refractivity contribution in [3.8, 4) is 0 Å². The monoisotopic (exact) mass is 364 g/mol. The van der Waals surface area contributed by atoms with Crippen LogP contribution in [0.2, 0.25) is 0 Å². The molecule has 136 valence electrons. The van der Waals surface area contributed by atoms with Gasteiger partial charge in [-0.05, 0) is 37.8 Å². The van der Waals surface area contributed by atoms with Gasteiger partial charge >= 0.3 is 0 Å². The summed E-state index contributed by atoms with van der Waals surface area (Å²) >= 11 is 0. The molecule has 3 rings (SSSR count). The van der Waals surface area contributed by atoms with Crippen molar-refractivity contribution >= 4 is 21.7 Å². The molecular formula is C18H24N2O4S. The van der Waals surface area contributed by atoms with Crippen molar-refractivity contribution in [2.45, 2.75) is 44.2 Å². The van der Waals surface area contributed by atoms with Crippen LogP contribution < -0.4 is 5.32 Å². The number of nitrogens with zero attached hydrogens (tertiary/aromatic N) is 1. The van der Waals surface area contributed by atoms with Crippen LogP contribution in [0, 0.1) is 0 Å². The lowest BCUT2D eigenvalue weighted by Gasteiger charge is -2.28. The van der Waals surface area contributed by atoms with Crippen LogP contribution in [0.3, 0.4) is 0 Å². The Bertz CT molecular complexity index is 729. The first kappa shape index (κ1) is 17.9. The Morgan fingerprint density at radius 1 is 1.08 bits per heavy atom. The van der Waals surface area contributed by atoms with Crippen molar-refractivity contribution in [1.82, 2.24) is 10.2 Å². The van der Waals surface area contributed by atoms with E-state index >= 15 is 0 Å². The van der Waals surface area contributed by atoms with E-state index in [1.807, 2.05) is 23.1 Å². The highest BCUT2D eigenvalue weighted by atomic mass is 32.2. The zero-order valence-electron chi connectivity index (χ0n) is 14.2. The van der Waals surface area contributed by atoms with Crippen LogP contribution in [-0.2, 0) is 14.6 Å². The van der Waals surface area contributed by atoms with Gasteiger partial charge in [-0.3, -0.25) is 9.59 Å². The van der Waals surface area contributed by atoms with Gasteiger partial charge in [-0.15, -0.1) is 0 Å². The summed E-state index contributed by atoms with van der Waals surface area (Å²) in [4.78, 5) is 26.3. The van der Waals surface area contributed by atoms with E-state index in [1.54, 1.807) is 12.1 Å². The SMILES string of the molecule is O=C(NCCCC(=O)N(C1CC1)C1CCS(=O)(=O)C1)c1ccccc1. The fraction of sp³-hybridized carbons (Fsp3) is 0.556. The number of rotatable bonds is 7. The van der Waals surface area contributed by atoms with Crippen molar-refractivity contribution in [1.29, 1.82) is 0 Å². The molecule has 1 N–H and O–H groups in total. The van der Waals surface area contributed by atoms with E-state index in [0.717, 1.165) is 12.8 Å². The fourth-order valence-electron chi connectivity index (χ4n) is 3.32. The Balaban J connectivity index is 1.45. The first-order valence-corrected chi connectivity index (χ1v) is 10.6. The summed E-state index contributed by atoms with van der Waals surface area (Å²) < 4.78 is 23.4. The Labute approximate surface area is 148 Å². The average Bonchev–Trinajstić information content (AvgIpc) is 3.35. The van der Waals surface area contributed by atoms with Crippen LogP contribution >= 0.6 is 0 Å². The Morgan fingerprint density at radius 3 is 2.40 bits per heavy atom. The summed E-state index contributed by atoms with van der Waals surface area (Å²) in [5, 5.41) is 2.82. The number of hydrogen-bond acceptors (Lipinski definition) is 4. The molecule has 1 aliphatic carbocycles. The van der Waals surface area contributed by atoms with E-state index in [9.17, 15) is 18.0 Å². The topological polar surface area (TPSA) is 83.6 Å². The van der Waals surface area contributed by atoms with Crippen molar-refractivity contribution < 1.29 is 18.0 Å². The zero-order valence-corrected chi connectivity index (χ0v) is 15.0. The maximum absolute atomic E-state index is 12.6. The van der Waals surface area contributed by atoms with E-state index in [0.29, 0.717) is 31.4 Å². The molecule has 0 aromatic heterocycles. The predicted octanol–water partition coefficient (Wildman–Crippen LogP) is 1.37. The molecule has 1 unspecified atom stereocenters. The highest BCUT2D eigenvalue weighted by Crippen LogP contribution is 2.32. The first-order valence-electron chi connectivity index (χ1n) is 8.81. The number of sulfone groups is 1. The third-order valence-corrected chi connectivity index (χ3v) is 6.47. The van der Waals surface area contributed by atoms with Gasteiger partial charge in [-0.2, -0.15) is 0 Å². The molecule has 1 aromatic carbocycles. The lowest BCUT2D eigenvalue weighted by Crippen LogP contribution is -2.43. The highest BCUT2D eigenvalue weighted by Gasteiger charge is 2.41. The number of hydrogen-bond donors (Lipinski definition) is 1. The zero-order chi connectivity index (χ0) is 17.9. The summed E-state index contributed by atoms with van der Waals surface area (Å²) in [6.45, 7) is 0.431. The molecule has 0 spiro atoms. The van der Waals surface area contributed by atoms with Gasteiger partial charge in [-0.25, -0.2) is 8.42 Å². The second-order valence-corrected chi connectivity index (χ2v) is 9.04. The van der Waals surface area contributed by atoms with Crippen molar-refractivity contribution in [2.24, 2.45) is 0 Å². The second-order valence-electron chi connectivity index (χ2n) is 6.81. The summed E-state index contributed by atoms with van der Waals surface area (Å²) in [5.41, 5.74) is 0.601. The fourth-order valence-corrected chi connectivity index (χ4v) is 5.03. The average molecular weight is 364 g/mol. The summed E-state index contributed by atoms with van der Waals surface area (Å²) in [5.74, 6) is 0.147. The van der Waals surface area contributed by atoms with Crippen LogP contribution in [0.15, 0.2) is 30.3 Å². The molecule has 2 fully saturated rings. The number of benzene rings is 1. The number of nitrogens with one attached hydrogen (secondary N) is 1. The van der Waals surface area contributed by atoms with Crippen molar-refractivity contribution in [3.05, 3.63) is 35.9 Å². The van der Waals surface area contributed by atoms with Crippen molar-refractivity contribution in [3.63, 3.8) is 0 Å². The number of carbonyl (C=O) groups is 2. The maximum Gasteiger partial charge on any atom is 0.251 e. The summed E-state index contributed by atoms with van der Waals surface area (Å²) in [6.07, 6.45) is 3.37. The van der Waals surface area contributed by atoms with Gasteiger partial charge in [0.15, 0.2) is 9.84 Å². The molecule has 25 heavy (non-hydrogen) atoms. The van der Waals surface area contributed by atoms with E-state index in [2.05, 4.69) is 5.32 Å². The molecular weight excluding hydrogens is 340 g/mol. The largest absolute Gasteiger partial charge is 0.352 e. The van der Waals surface area contributed by atoms with Gasteiger partial charge in [0, 0.05) is 30.6 Å². The Kier molecular flexibility index (Phi) is 5.42. The van der Waals surface area contributed by atoms with E-state index in [4.69, 9.17) is 0 Å². The standard InChI is InChI=1S/C18H24N2O4S/c21-17(7-4-11-19-18(22)14-5-2-1-3-6-14)20(15-8-9-15)16-10-12-25(23,24)13-16/h1-3,5-6,15-16H,4,7-13H2,(H,19,22). The van der Waals surface area contributed by atoms with E-state index in [1.165, 1.54) is 0 Å². The van der Waals surface area contributed by atoms with Gasteiger partial charge in [0.1, 0.15) is 0 Å². The minimum Gasteiger partial charge on any atom is -0.352 e. The third kappa shape index (κ3) is 4.81. The molecule has 0 radical (unpaired) electrons. The van der Waals surface area contributed by atoms with Crippen LogP contribution in [0.25, 0.3) is 0 Å². The highest BCUT2D eigenvalue weighted by molar-refractivity contribution is 7.91. The number of carbonyl (C=O) groups excluding carboxylic acids is 2. The Hall–Kier alpha value is -1.89.